The first-order chi connectivity index (χ1) is 11.2. The Labute approximate surface area is 140 Å². The Kier molecular flexibility index (Phi) is 7.33. The summed E-state index contributed by atoms with van der Waals surface area (Å²) in [6, 6.07) is -1.24. The van der Waals surface area contributed by atoms with Gasteiger partial charge in [0, 0.05) is 17.9 Å². The molecular formula is C15H27N4O5+. The lowest BCUT2D eigenvalue weighted by atomic mass is 9.89. The smallest absolute Gasteiger partial charge is 0.279 e. The lowest BCUT2D eigenvalue weighted by Crippen LogP contribution is -2.90. The fraction of sp³-hybridized carbons (Fsp3) is 0.667. The van der Waals surface area contributed by atoms with Crippen LogP contribution in [-0.2, 0) is 14.4 Å². The van der Waals surface area contributed by atoms with Crippen LogP contribution >= 0.6 is 0 Å². The highest BCUT2D eigenvalue weighted by Crippen LogP contribution is 2.20. The number of quaternary nitrogens is 1. The van der Waals surface area contributed by atoms with Gasteiger partial charge in [-0.1, -0.05) is 19.9 Å². The zero-order valence-corrected chi connectivity index (χ0v) is 14.2. The number of carbonyl (C=O) groups excluding carboxylic acids is 3. The van der Waals surface area contributed by atoms with Crippen LogP contribution in [0.4, 0.5) is 0 Å². The minimum Gasteiger partial charge on any atom is -0.390 e. The van der Waals surface area contributed by atoms with Crippen LogP contribution in [0, 0.1) is 5.92 Å². The van der Waals surface area contributed by atoms with E-state index in [1.165, 1.54) is 6.08 Å². The minimum atomic E-state index is -1.22. The third kappa shape index (κ3) is 5.29. The molecule has 4 atom stereocenters. The van der Waals surface area contributed by atoms with Crippen LogP contribution in [0.2, 0.25) is 0 Å². The maximum Gasteiger partial charge on any atom is 0.279 e. The number of rotatable bonds is 7. The number of nitrogens with one attached hydrogen (secondary N) is 2. The van der Waals surface area contributed by atoms with Crippen LogP contribution < -0.4 is 21.7 Å². The van der Waals surface area contributed by atoms with Gasteiger partial charge in [0.15, 0.2) is 6.04 Å². The molecule has 3 amide bonds. The molecule has 9 nitrogen and oxygen atoms in total. The molecule has 1 aliphatic rings. The first-order valence-corrected chi connectivity index (χ1v) is 7.90. The number of amides is 3. The predicted molar refractivity (Wildman–Crippen MR) is 85.3 cm³/mol. The first-order valence-electron chi connectivity index (χ1n) is 7.90. The van der Waals surface area contributed by atoms with E-state index in [9.17, 15) is 24.6 Å². The normalized spacial score (nSPS) is 24.9. The molecule has 0 radical (unpaired) electrons. The number of hydrogen-bond acceptors (Lipinski definition) is 5. The van der Waals surface area contributed by atoms with Gasteiger partial charge < -0.3 is 31.9 Å². The number of likely N-dealkylation sites (N-methyl/N-ethyl adjacent to an activating group) is 1. The molecule has 0 aromatic rings. The summed E-state index contributed by atoms with van der Waals surface area (Å²) < 4.78 is 0. The Hall–Kier alpha value is -1.97. The summed E-state index contributed by atoms with van der Waals surface area (Å²) in [5, 5.41) is 26.7. The second-order valence-electron chi connectivity index (χ2n) is 6.24. The first kappa shape index (κ1) is 20.1. The number of aliphatic hydroxyl groups is 2. The molecule has 0 bridgehead atoms. The molecule has 8 N–H and O–H groups in total. The second kappa shape index (κ2) is 8.76. The largest absolute Gasteiger partial charge is 0.390 e. The molecular weight excluding hydrogens is 316 g/mol. The van der Waals surface area contributed by atoms with Crippen molar-refractivity contribution in [3.63, 3.8) is 0 Å². The van der Waals surface area contributed by atoms with Crippen molar-refractivity contribution in [3.05, 3.63) is 11.6 Å². The molecule has 9 heteroatoms. The molecule has 0 aromatic carbocycles. The zero-order valence-electron chi connectivity index (χ0n) is 14.2. The molecule has 0 aromatic heterocycles. The molecule has 0 saturated heterocycles. The van der Waals surface area contributed by atoms with E-state index >= 15 is 0 Å². The van der Waals surface area contributed by atoms with E-state index in [1.807, 2.05) is 13.8 Å². The van der Waals surface area contributed by atoms with E-state index in [-0.39, 0.29) is 36.4 Å². The summed E-state index contributed by atoms with van der Waals surface area (Å²) in [7, 11) is 1.77. The van der Waals surface area contributed by atoms with Crippen LogP contribution in [0.3, 0.4) is 0 Å². The Morgan fingerprint density at radius 2 is 2.00 bits per heavy atom. The second-order valence-corrected chi connectivity index (χ2v) is 6.24. The highest BCUT2D eigenvalue weighted by atomic mass is 16.3. The lowest BCUT2D eigenvalue weighted by molar-refractivity contribution is -0.656. The number of nitrogens with two attached hydrogens (primary N) is 2. The van der Waals surface area contributed by atoms with E-state index in [0.29, 0.717) is 0 Å². The molecule has 0 spiro atoms. The molecule has 0 unspecified atom stereocenters. The van der Waals surface area contributed by atoms with Gasteiger partial charge in [-0.2, -0.15) is 0 Å². The summed E-state index contributed by atoms with van der Waals surface area (Å²) in [5.41, 5.74) is 5.15. The summed E-state index contributed by atoms with van der Waals surface area (Å²) in [4.78, 5) is 35.0. The van der Waals surface area contributed by atoms with Gasteiger partial charge in [0.1, 0.15) is 6.10 Å². The van der Waals surface area contributed by atoms with Crippen molar-refractivity contribution in [1.29, 1.82) is 0 Å². The average Bonchev–Trinajstić information content (AvgIpc) is 2.49. The van der Waals surface area contributed by atoms with Gasteiger partial charge in [0.05, 0.1) is 25.7 Å². The molecule has 0 aliphatic heterocycles. The maximum atomic E-state index is 12.3. The van der Waals surface area contributed by atoms with Crippen LogP contribution in [0.1, 0.15) is 20.3 Å². The quantitative estimate of drug-likeness (QED) is 0.281. The summed E-state index contributed by atoms with van der Waals surface area (Å²) in [5.74, 6) is -1.48. The van der Waals surface area contributed by atoms with Crippen molar-refractivity contribution in [1.82, 2.24) is 10.6 Å². The average molecular weight is 343 g/mol. The topological polar surface area (TPSA) is 158 Å². The summed E-state index contributed by atoms with van der Waals surface area (Å²) >= 11 is 0. The van der Waals surface area contributed by atoms with Crippen LogP contribution in [0.5, 0.6) is 0 Å². The predicted octanol–water partition coefficient (Wildman–Crippen LogP) is -3.66. The van der Waals surface area contributed by atoms with Gasteiger partial charge in [-0.15, -0.1) is 0 Å². The maximum absolute atomic E-state index is 12.3. The van der Waals surface area contributed by atoms with Gasteiger partial charge in [-0.3, -0.25) is 14.4 Å². The molecule has 1 rings (SSSR count). The standard InChI is InChI=1S/C15H26N4O5/c1-7(2)12(17-3)15(24)19-9-4-8(5-10(20)13(9)22)14(23)18-6-11(16)21/h4,7,9-10,12-13,17,20,22H,5-6H2,1-3H3,(H2,16,21)(H,18,23)(H,19,24)/p+1/t9-,10-,12+,13-/m1/s1. The minimum absolute atomic E-state index is 0.0722. The van der Waals surface area contributed by atoms with Gasteiger partial charge >= 0.3 is 0 Å². The van der Waals surface area contributed by atoms with Crippen molar-refractivity contribution in [3.8, 4) is 0 Å². The molecule has 0 heterocycles. The van der Waals surface area contributed by atoms with Gasteiger partial charge in [0.25, 0.3) is 5.91 Å². The Balaban J connectivity index is 2.86. The van der Waals surface area contributed by atoms with Gasteiger partial charge in [0.2, 0.25) is 11.8 Å². The van der Waals surface area contributed by atoms with Gasteiger partial charge in [-0.25, -0.2) is 0 Å². The number of aliphatic hydroxyl groups excluding tert-OH is 2. The highest BCUT2D eigenvalue weighted by Gasteiger charge is 2.35. The Morgan fingerprint density at radius 3 is 2.50 bits per heavy atom. The summed E-state index contributed by atoms with van der Waals surface area (Å²) in [6.07, 6.45) is -1.09. The number of hydrogen-bond donors (Lipinski definition) is 6. The molecule has 1 aliphatic carbocycles. The van der Waals surface area contributed by atoms with E-state index < -0.39 is 30.1 Å². The molecule has 136 valence electrons. The van der Waals surface area contributed by atoms with Crippen molar-refractivity contribution < 1.29 is 29.9 Å². The van der Waals surface area contributed by atoms with Crippen molar-refractivity contribution in [2.24, 2.45) is 11.7 Å². The number of carbonyl (C=O) groups is 3. The molecule has 24 heavy (non-hydrogen) atoms. The van der Waals surface area contributed by atoms with Crippen molar-refractivity contribution >= 4 is 17.7 Å². The lowest BCUT2D eigenvalue weighted by Gasteiger charge is -2.31. The molecule has 0 fully saturated rings. The van der Waals surface area contributed by atoms with Crippen LogP contribution in [-0.4, -0.2) is 65.8 Å². The third-order valence-electron chi connectivity index (χ3n) is 3.98. The van der Waals surface area contributed by atoms with E-state index in [0.717, 1.165) is 0 Å². The van der Waals surface area contributed by atoms with Gasteiger partial charge in [-0.05, 0) is 0 Å². The fourth-order valence-electron chi connectivity index (χ4n) is 2.64. The van der Waals surface area contributed by atoms with Crippen molar-refractivity contribution in [2.45, 2.75) is 44.6 Å². The fourth-order valence-corrected chi connectivity index (χ4v) is 2.64. The highest BCUT2D eigenvalue weighted by molar-refractivity contribution is 5.96. The molecule has 0 saturated carbocycles. The monoisotopic (exact) mass is 343 g/mol. The van der Waals surface area contributed by atoms with E-state index in [2.05, 4.69) is 10.6 Å². The van der Waals surface area contributed by atoms with E-state index in [4.69, 9.17) is 5.73 Å². The summed E-state index contributed by atoms with van der Waals surface area (Å²) in [6.45, 7) is 3.47. The number of primary amides is 1. The Morgan fingerprint density at radius 1 is 1.38 bits per heavy atom. The SMILES string of the molecule is C[NH2+][C@H](C(=O)N[C@@H]1C=C(C(=O)NCC(N)=O)C[C@@H](O)[C@@H]1O)C(C)C. The Bertz CT molecular complexity index is 520. The van der Waals surface area contributed by atoms with Crippen molar-refractivity contribution in [2.75, 3.05) is 13.6 Å². The van der Waals surface area contributed by atoms with E-state index in [1.54, 1.807) is 12.4 Å². The van der Waals surface area contributed by atoms with Crippen LogP contribution in [0.15, 0.2) is 11.6 Å². The van der Waals surface area contributed by atoms with Crippen LogP contribution in [0.25, 0.3) is 0 Å². The third-order valence-corrected chi connectivity index (χ3v) is 3.98. The zero-order chi connectivity index (χ0) is 18.4.